The Morgan fingerprint density at radius 1 is 1.29 bits per heavy atom. The van der Waals surface area contributed by atoms with Crippen LogP contribution in [0.4, 0.5) is 5.69 Å². The molecule has 2 aromatic rings. The van der Waals surface area contributed by atoms with E-state index in [1.54, 1.807) is 0 Å². The van der Waals surface area contributed by atoms with Crippen molar-refractivity contribution in [1.82, 2.24) is 0 Å². The van der Waals surface area contributed by atoms with Gasteiger partial charge >= 0.3 is 0 Å². The topological polar surface area (TPSA) is 61.9 Å². The summed E-state index contributed by atoms with van der Waals surface area (Å²) in [5.74, 6) is -0.0630. The van der Waals surface area contributed by atoms with Crippen LogP contribution in [0.1, 0.15) is 5.56 Å². The summed E-state index contributed by atoms with van der Waals surface area (Å²) < 4.78 is 0. The molecule has 2 aromatic carbocycles. The first kappa shape index (κ1) is 11.2. The Balaban J connectivity index is 2.40. The summed E-state index contributed by atoms with van der Waals surface area (Å²) in [4.78, 5) is 0. The lowest BCUT2D eigenvalue weighted by molar-refractivity contribution is 1.40. The molecule has 0 unspecified atom stereocenters. The average Bonchev–Trinajstić information content (AvgIpc) is 2.29. The van der Waals surface area contributed by atoms with Gasteiger partial charge in [-0.25, -0.2) is 0 Å². The minimum Gasteiger partial charge on any atom is -0.370 e. The maximum Gasteiger partial charge on any atom is 0.190 e. The Kier molecular flexibility index (Phi) is 3.10. The summed E-state index contributed by atoms with van der Waals surface area (Å²) in [7, 11) is 0. The molecule has 4 N–H and O–H groups in total. The fourth-order valence-corrected chi connectivity index (χ4v) is 1.73. The number of rotatable bonds is 2. The lowest BCUT2D eigenvalue weighted by Crippen LogP contribution is -2.20. The molecule has 0 saturated heterocycles. The Hall–Kier alpha value is -2.29. The molecule has 3 heteroatoms. The number of hydrogen-bond donors (Lipinski definition) is 3. The number of guanidine groups is 1. The number of nitrogens with one attached hydrogen (secondary N) is 2. The average molecular weight is 224 g/mol. The van der Waals surface area contributed by atoms with Crippen LogP contribution >= 0.6 is 0 Å². The van der Waals surface area contributed by atoms with E-state index >= 15 is 0 Å². The molecule has 85 valence electrons. The van der Waals surface area contributed by atoms with Gasteiger partial charge in [0.25, 0.3) is 0 Å². The molecule has 17 heavy (non-hydrogen) atoms. The molecule has 3 nitrogen and oxygen atoms in total. The zero-order valence-electron chi connectivity index (χ0n) is 9.62. The predicted octanol–water partition coefficient (Wildman–Crippen LogP) is 2.77. The molecule has 0 atom stereocenters. The minimum atomic E-state index is -0.0630. The van der Waals surface area contributed by atoms with Crippen LogP contribution < -0.4 is 11.1 Å². The maximum absolute atomic E-state index is 7.21. The van der Waals surface area contributed by atoms with Gasteiger partial charge < -0.3 is 11.1 Å². The van der Waals surface area contributed by atoms with Gasteiger partial charge in [0.15, 0.2) is 5.96 Å². The third-order valence-corrected chi connectivity index (χ3v) is 2.52. The summed E-state index contributed by atoms with van der Waals surface area (Å²) in [5, 5.41) is 9.98. The van der Waals surface area contributed by atoms with Crippen molar-refractivity contribution < 1.29 is 0 Å². The van der Waals surface area contributed by atoms with Crippen molar-refractivity contribution in [3.05, 3.63) is 54.1 Å². The summed E-state index contributed by atoms with van der Waals surface area (Å²) in [6, 6.07) is 16.9. The lowest BCUT2D eigenvalue weighted by atomic mass is 10.0. The van der Waals surface area contributed by atoms with E-state index in [9.17, 15) is 0 Å². The number of aryl methyl sites for hydroxylation is 1. The van der Waals surface area contributed by atoms with E-state index in [1.165, 1.54) is 5.56 Å². The highest BCUT2D eigenvalue weighted by Crippen LogP contribution is 2.24. The zero-order valence-corrected chi connectivity index (χ0v) is 9.62. The summed E-state index contributed by atoms with van der Waals surface area (Å²) in [6.07, 6.45) is 0. The fraction of sp³-hybridized carbons (Fsp3) is 0.0714. The van der Waals surface area contributed by atoms with Gasteiger partial charge in [0, 0.05) is 5.69 Å². The van der Waals surface area contributed by atoms with Gasteiger partial charge in [-0.3, -0.25) is 5.41 Å². The second kappa shape index (κ2) is 4.70. The van der Waals surface area contributed by atoms with Gasteiger partial charge in [-0.1, -0.05) is 30.3 Å². The second-order valence-corrected chi connectivity index (χ2v) is 3.84. The molecular weight excluding hydrogens is 210 g/mol. The SMILES string of the molecule is Cc1ccccc1-c1[c]ccc(NC(=N)N)c1. The van der Waals surface area contributed by atoms with Crippen LogP contribution in [-0.2, 0) is 0 Å². The van der Waals surface area contributed by atoms with Crippen LogP contribution in [0.15, 0.2) is 42.5 Å². The monoisotopic (exact) mass is 224 g/mol. The largest absolute Gasteiger partial charge is 0.370 e. The zero-order chi connectivity index (χ0) is 12.3. The number of anilines is 1. The van der Waals surface area contributed by atoms with Gasteiger partial charge in [0.1, 0.15) is 0 Å². The van der Waals surface area contributed by atoms with E-state index in [-0.39, 0.29) is 5.96 Å². The molecule has 0 aromatic heterocycles. The molecule has 0 aliphatic heterocycles. The molecule has 0 fully saturated rings. The first-order valence-corrected chi connectivity index (χ1v) is 5.35. The molecule has 1 radical (unpaired) electrons. The van der Waals surface area contributed by atoms with Gasteiger partial charge in [-0.2, -0.15) is 0 Å². The van der Waals surface area contributed by atoms with Crippen molar-refractivity contribution in [2.24, 2.45) is 5.73 Å². The molecule has 2 rings (SSSR count). The Morgan fingerprint density at radius 2 is 2.06 bits per heavy atom. The summed E-state index contributed by atoms with van der Waals surface area (Å²) in [6.45, 7) is 2.06. The van der Waals surface area contributed by atoms with Gasteiger partial charge in [-0.15, -0.1) is 0 Å². The van der Waals surface area contributed by atoms with E-state index in [1.807, 2.05) is 30.3 Å². The maximum atomic E-state index is 7.21. The fourth-order valence-electron chi connectivity index (χ4n) is 1.73. The van der Waals surface area contributed by atoms with E-state index in [0.717, 1.165) is 16.8 Å². The summed E-state index contributed by atoms with van der Waals surface area (Å²) >= 11 is 0. The predicted molar refractivity (Wildman–Crippen MR) is 71.0 cm³/mol. The van der Waals surface area contributed by atoms with E-state index in [2.05, 4.69) is 30.4 Å². The third-order valence-electron chi connectivity index (χ3n) is 2.52. The second-order valence-electron chi connectivity index (χ2n) is 3.84. The number of nitrogens with two attached hydrogens (primary N) is 1. The van der Waals surface area contributed by atoms with Crippen LogP contribution in [0, 0.1) is 18.4 Å². The lowest BCUT2D eigenvalue weighted by Gasteiger charge is -2.08. The molecule has 0 saturated carbocycles. The molecule has 0 aliphatic carbocycles. The quantitative estimate of drug-likeness (QED) is 0.542. The highest BCUT2D eigenvalue weighted by Gasteiger charge is 2.02. The van der Waals surface area contributed by atoms with Crippen molar-refractivity contribution in [3.8, 4) is 11.1 Å². The van der Waals surface area contributed by atoms with Crippen molar-refractivity contribution in [2.45, 2.75) is 6.92 Å². The number of benzene rings is 2. The minimum absolute atomic E-state index is 0.0630. The van der Waals surface area contributed by atoms with E-state index in [4.69, 9.17) is 11.1 Å². The van der Waals surface area contributed by atoms with Crippen molar-refractivity contribution in [1.29, 1.82) is 5.41 Å². The van der Waals surface area contributed by atoms with Gasteiger partial charge in [-0.05, 0) is 41.8 Å². The molecule has 0 bridgehead atoms. The Bertz CT molecular complexity index is 547. The normalized spacial score (nSPS) is 9.94. The molecule has 0 amide bonds. The first-order valence-electron chi connectivity index (χ1n) is 5.35. The van der Waals surface area contributed by atoms with Crippen molar-refractivity contribution >= 4 is 11.6 Å². The van der Waals surface area contributed by atoms with Crippen LogP contribution in [0.2, 0.25) is 0 Å². The van der Waals surface area contributed by atoms with E-state index < -0.39 is 0 Å². The smallest absolute Gasteiger partial charge is 0.190 e. The van der Waals surface area contributed by atoms with Crippen molar-refractivity contribution in [2.75, 3.05) is 5.32 Å². The summed E-state index contributed by atoms with van der Waals surface area (Å²) in [5.41, 5.74) is 9.44. The Labute approximate surface area is 101 Å². The Morgan fingerprint density at radius 3 is 2.76 bits per heavy atom. The van der Waals surface area contributed by atoms with Crippen LogP contribution in [0.25, 0.3) is 11.1 Å². The van der Waals surface area contributed by atoms with E-state index in [0.29, 0.717) is 0 Å². The molecule has 0 heterocycles. The first-order chi connectivity index (χ1) is 8.16. The number of hydrogen-bond acceptors (Lipinski definition) is 1. The van der Waals surface area contributed by atoms with Crippen LogP contribution in [-0.4, -0.2) is 5.96 Å². The molecule has 0 aliphatic rings. The third kappa shape index (κ3) is 2.64. The van der Waals surface area contributed by atoms with Crippen molar-refractivity contribution in [3.63, 3.8) is 0 Å². The standard InChI is InChI=1S/C14H14N3/c1-10-5-2-3-8-13(10)11-6-4-7-12(9-11)17-14(15)16/h2-5,7-9H,1H3,(H4,15,16,17). The highest BCUT2D eigenvalue weighted by atomic mass is 15.0. The molecule has 0 spiro atoms. The van der Waals surface area contributed by atoms with Crippen LogP contribution in [0.5, 0.6) is 0 Å². The highest BCUT2D eigenvalue weighted by molar-refractivity contribution is 5.90. The molecular formula is C14H14N3. The van der Waals surface area contributed by atoms with Gasteiger partial charge in [0.05, 0.1) is 0 Å². The van der Waals surface area contributed by atoms with Crippen LogP contribution in [0.3, 0.4) is 0 Å². The van der Waals surface area contributed by atoms with Gasteiger partial charge in [0.2, 0.25) is 0 Å².